The fraction of sp³-hybridized carbons (Fsp3) is 0.462. The van der Waals surface area contributed by atoms with Crippen molar-refractivity contribution in [1.82, 2.24) is 5.32 Å². The standard InChI is InChI=1S/C13H16ClNO3/c14-11-4-2-1-3-10(11)13(18)15-9-5-8(7-16)12(17)6-9/h1-4,8-9,12,16-17H,5-7H2,(H,15,18)/t8-,9-,12+/m0/s1. The number of hydrogen-bond donors (Lipinski definition) is 3. The van der Waals surface area contributed by atoms with Gasteiger partial charge in [-0.25, -0.2) is 0 Å². The Balaban J connectivity index is 1.99. The first kappa shape index (κ1) is 13.3. The predicted octanol–water partition coefficient (Wildman–Crippen LogP) is 1.20. The van der Waals surface area contributed by atoms with Crippen LogP contribution in [0.1, 0.15) is 23.2 Å². The van der Waals surface area contributed by atoms with Crippen LogP contribution in [-0.2, 0) is 0 Å². The number of nitrogens with one attached hydrogen (secondary N) is 1. The van der Waals surface area contributed by atoms with Crippen molar-refractivity contribution in [3.63, 3.8) is 0 Å². The molecule has 0 heterocycles. The van der Waals surface area contributed by atoms with E-state index in [9.17, 15) is 9.90 Å². The van der Waals surface area contributed by atoms with Crippen LogP contribution in [0.15, 0.2) is 24.3 Å². The molecule has 1 amide bonds. The molecule has 0 aromatic heterocycles. The second kappa shape index (κ2) is 5.69. The Morgan fingerprint density at radius 3 is 2.72 bits per heavy atom. The number of amides is 1. The molecule has 0 saturated heterocycles. The quantitative estimate of drug-likeness (QED) is 0.772. The molecule has 98 valence electrons. The van der Waals surface area contributed by atoms with Crippen molar-refractivity contribution in [3.8, 4) is 0 Å². The minimum absolute atomic E-state index is 0.0559. The number of benzene rings is 1. The Morgan fingerprint density at radius 2 is 2.11 bits per heavy atom. The van der Waals surface area contributed by atoms with Gasteiger partial charge in [0.25, 0.3) is 5.91 Å². The Labute approximate surface area is 111 Å². The first-order chi connectivity index (χ1) is 8.61. The van der Waals surface area contributed by atoms with E-state index < -0.39 is 6.10 Å². The van der Waals surface area contributed by atoms with Crippen LogP contribution in [0.2, 0.25) is 5.02 Å². The van der Waals surface area contributed by atoms with Gasteiger partial charge in [-0.3, -0.25) is 4.79 Å². The molecule has 0 unspecified atom stereocenters. The van der Waals surface area contributed by atoms with E-state index in [1.165, 1.54) is 0 Å². The molecule has 5 heteroatoms. The normalized spacial score (nSPS) is 27.2. The highest BCUT2D eigenvalue weighted by molar-refractivity contribution is 6.33. The van der Waals surface area contributed by atoms with Crippen molar-refractivity contribution in [2.45, 2.75) is 25.0 Å². The van der Waals surface area contributed by atoms with Gasteiger partial charge in [-0.2, -0.15) is 0 Å². The Hall–Kier alpha value is -1.10. The number of hydrogen-bond acceptors (Lipinski definition) is 3. The van der Waals surface area contributed by atoms with Gasteiger partial charge >= 0.3 is 0 Å². The molecule has 1 aliphatic carbocycles. The van der Waals surface area contributed by atoms with Crippen molar-refractivity contribution >= 4 is 17.5 Å². The maximum atomic E-state index is 12.0. The van der Waals surface area contributed by atoms with Gasteiger partial charge in [-0.1, -0.05) is 23.7 Å². The van der Waals surface area contributed by atoms with Gasteiger partial charge in [-0.15, -0.1) is 0 Å². The fourth-order valence-electron chi connectivity index (χ4n) is 2.33. The molecular formula is C13H16ClNO3. The summed E-state index contributed by atoms with van der Waals surface area (Å²) in [5.41, 5.74) is 0.432. The average Bonchev–Trinajstić information content (AvgIpc) is 2.69. The maximum Gasteiger partial charge on any atom is 0.253 e. The second-order valence-electron chi connectivity index (χ2n) is 4.63. The molecule has 1 aromatic carbocycles. The molecule has 0 bridgehead atoms. The summed E-state index contributed by atoms with van der Waals surface area (Å²) in [5.74, 6) is -0.391. The van der Waals surface area contributed by atoms with E-state index in [0.717, 1.165) is 0 Å². The highest BCUT2D eigenvalue weighted by Gasteiger charge is 2.33. The Morgan fingerprint density at radius 1 is 1.39 bits per heavy atom. The van der Waals surface area contributed by atoms with Crippen LogP contribution in [-0.4, -0.2) is 34.9 Å². The van der Waals surface area contributed by atoms with Gasteiger partial charge in [0.1, 0.15) is 0 Å². The summed E-state index contributed by atoms with van der Waals surface area (Å²) in [6, 6.07) is 6.73. The van der Waals surface area contributed by atoms with Crippen molar-refractivity contribution in [1.29, 1.82) is 0 Å². The molecule has 2 rings (SSSR count). The smallest absolute Gasteiger partial charge is 0.253 e. The first-order valence-corrected chi connectivity index (χ1v) is 6.34. The van der Waals surface area contributed by atoms with Gasteiger partial charge in [0.05, 0.1) is 16.7 Å². The van der Waals surface area contributed by atoms with Crippen molar-refractivity contribution in [2.24, 2.45) is 5.92 Å². The number of halogens is 1. The van der Waals surface area contributed by atoms with Gasteiger partial charge in [0.2, 0.25) is 0 Å². The third-order valence-electron chi connectivity index (χ3n) is 3.35. The largest absolute Gasteiger partial charge is 0.396 e. The summed E-state index contributed by atoms with van der Waals surface area (Å²) >= 11 is 5.94. The molecule has 3 N–H and O–H groups in total. The lowest BCUT2D eigenvalue weighted by molar-refractivity contribution is 0.0903. The number of aliphatic hydroxyl groups is 2. The molecule has 1 fully saturated rings. The Bertz CT molecular complexity index is 438. The van der Waals surface area contributed by atoms with Crippen LogP contribution in [0.3, 0.4) is 0 Å². The molecular weight excluding hydrogens is 254 g/mol. The van der Waals surface area contributed by atoms with E-state index in [2.05, 4.69) is 5.32 Å². The molecule has 1 saturated carbocycles. The van der Waals surface area contributed by atoms with E-state index in [0.29, 0.717) is 23.4 Å². The molecule has 0 spiro atoms. The van der Waals surface area contributed by atoms with E-state index in [4.69, 9.17) is 16.7 Å². The molecule has 3 atom stereocenters. The van der Waals surface area contributed by atoms with Crippen LogP contribution in [0, 0.1) is 5.92 Å². The lowest BCUT2D eigenvalue weighted by atomic mass is 10.1. The molecule has 18 heavy (non-hydrogen) atoms. The zero-order chi connectivity index (χ0) is 13.1. The van der Waals surface area contributed by atoms with E-state index in [-0.39, 0.29) is 24.5 Å². The SMILES string of the molecule is O=C(N[C@H]1C[C@@H](CO)[C@H](O)C1)c1ccccc1Cl. The van der Waals surface area contributed by atoms with E-state index in [1.54, 1.807) is 24.3 Å². The van der Waals surface area contributed by atoms with Crippen molar-refractivity contribution in [3.05, 3.63) is 34.9 Å². The topological polar surface area (TPSA) is 69.6 Å². The summed E-state index contributed by atoms with van der Waals surface area (Å²) in [5, 5.41) is 22.0. The van der Waals surface area contributed by atoms with Gasteiger partial charge in [-0.05, 0) is 25.0 Å². The lowest BCUT2D eigenvalue weighted by Crippen LogP contribution is -2.33. The summed E-state index contributed by atoms with van der Waals surface area (Å²) < 4.78 is 0. The molecule has 1 aromatic rings. The van der Waals surface area contributed by atoms with Gasteiger partial charge in [0.15, 0.2) is 0 Å². The highest BCUT2D eigenvalue weighted by Crippen LogP contribution is 2.26. The average molecular weight is 270 g/mol. The van der Waals surface area contributed by atoms with E-state index >= 15 is 0 Å². The minimum atomic E-state index is -0.549. The second-order valence-corrected chi connectivity index (χ2v) is 5.04. The molecule has 0 radical (unpaired) electrons. The summed E-state index contributed by atoms with van der Waals surface area (Å²) in [6.07, 6.45) is 0.515. The lowest BCUT2D eigenvalue weighted by Gasteiger charge is -2.13. The van der Waals surface area contributed by atoms with E-state index in [1.807, 2.05) is 0 Å². The number of carbonyl (C=O) groups is 1. The molecule has 0 aliphatic heterocycles. The van der Waals surface area contributed by atoms with Crippen LogP contribution < -0.4 is 5.32 Å². The summed E-state index contributed by atoms with van der Waals surface area (Å²) in [4.78, 5) is 12.0. The van der Waals surface area contributed by atoms with Gasteiger partial charge in [0, 0.05) is 18.6 Å². The van der Waals surface area contributed by atoms with Crippen molar-refractivity contribution < 1.29 is 15.0 Å². The van der Waals surface area contributed by atoms with Crippen molar-refractivity contribution in [2.75, 3.05) is 6.61 Å². The predicted molar refractivity (Wildman–Crippen MR) is 68.5 cm³/mol. The molecule has 1 aliphatic rings. The summed E-state index contributed by atoms with van der Waals surface area (Å²) in [7, 11) is 0. The minimum Gasteiger partial charge on any atom is -0.396 e. The maximum absolute atomic E-state index is 12.0. The van der Waals surface area contributed by atoms with Crippen LogP contribution in [0.25, 0.3) is 0 Å². The first-order valence-electron chi connectivity index (χ1n) is 5.96. The monoisotopic (exact) mass is 269 g/mol. The number of rotatable bonds is 3. The number of aliphatic hydroxyl groups excluding tert-OH is 2. The zero-order valence-electron chi connectivity index (χ0n) is 9.84. The third-order valence-corrected chi connectivity index (χ3v) is 3.68. The Kier molecular flexibility index (Phi) is 4.22. The number of carbonyl (C=O) groups excluding carboxylic acids is 1. The summed E-state index contributed by atoms with van der Waals surface area (Å²) in [6.45, 7) is -0.0559. The van der Waals surface area contributed by atoms with Gasteiger partial charge < -0.3 is 15.5 Å². The molecule has 4 nitrogen and oxygen atoms in total. The zero-order valence-corrected chi connectivity index (χ0v) is 10.6. The third kappa shape index (κ3) is 2.83. The fourth-order valence-corrected chi connectivity index (χ4v) is 2.55. The van der Waals surface area contributed by atoms with Crippen LogP contribution in [0.5, 0.6) is 0 Å². The van der Waals surface area contributed by atoms with Crippen LogP contribution >= 0.6 is 11.6 Å². The highest BCUT2D eigenvalue weighted by atomic mass is 35.5. The van der Waals surface area contributed by atoms with Crippen LogP contribution in [0.4, 0.5) is 0 Å².